The van der Waals surface area contributed by atoms with Crippen molar-refractivity contribution in [1.29, 1.82) is 0 Å². The Labute approximate surface area is 171 Å². The third kappa shape index (κ3) is 6.01. The number of hydrogen-bond acceptors (Lipinski definition) is 4. The zero-order valence-corrected chi connectivity index (χ0v) is 16.6. The van der Waals surface area contributed by atoms with Crippen molar-refractivity contribution < 1.29 is 14.3 Å². The van der Waals surface area contributed by atoms with Crippen molar-refractivity contribution >= 4 is 17.9 Å². The number of hydrogen-bond donors (Lipinski definition) is 2. The molecule has 2 aromatic carbocycles. The van der Waals surface area contributed by atoms with Crippen molar-refractivity contribution in [3.05, 3.63) is 77.4 Å². The van der Waals surface area contributed by atoms with Gasteiger partial charge in [0.1, 0.15) is 0 Å². The summed E-state index contributed by atoms with van der Waals surface area (Å²) in [6.45, 7) is 3.65. The average molecular weight is 393 g/mol. The summed E-state index contributed by atoms with van der Waals surface area (Å²) in [5.41, 5.74) is 2.63. The second-order valence-electron chi connectivity index (χ2n) is 6.85. The van der Waals surface area contributed by atoms with E-state index in [0.29, 0.717) is 25.3 Å². The van der Waals surface area contributed by atoms with Crippen molar-refractivity contribution in [2.75, 3.05) is 39.9 Å². The molecule has 1 saturated heterocycles. The van der Waals surface area contributed by atoms with Gasteiger partial charge in [-0.2, -0.15) is 0 Å². The van der Waals surface area contributed by atoms with Crippen LogP contribution in [0.2, 0.25) is 0 Å². The van der Waals surface area contributed by atoms with Gasteiger partial charge in [0.2, 0.25) is 5.91 Å². The molecule has 1 unspecified atom stereocenters. The average Bonchev–Trinajstić information content (AvgIpc) is 2.79. The second kappa shape index (κ2) is 10.5. The highest BCUT2D eigenvalue weighted by molar-refractivity contribution is 5.94. The molecule has 0 saturated carbocycles. The van der Waals surface area contributed by atoms with Gasteiger partial charge in [0, 0.05) is 38.3 Å². The maximum absolute atomic E-state index is 12.4. The van der Waals surface area contributed by atoms with Gasteiger partial charge in [0.25, 0.3) is 5.91 Å². The van der Waals surface area contributed by atoms with Gasteiger partial charge in [-0.1, -0.05) is 42.5 Å². The van der Waals surface area contributed by atoms with E-state index in [9.17, 15) is 9.59 Å². The molecule has 3 rings (SSSR count). The minimum Gasteiger partial charge on any atom is -0.379 e. The molecule has 6 heteroatoms. The Kier molecular flexibility index (Phi) is 7.55. The number of morpholine rings is 1. The van der Waals surface area contributed by atoms with E-state index < -0.39 is 0 Å². The Morgan fingerprint density at radius 3 is 2.41 bits per heavy atom. The van der Waals surface area contributed by atoms with Gasteiger partial charge in [-0.25, -0.2) is 0 Å². The fourth-order valence-corrected chi connectivity index (χ4v) is 3.34. The molecule has 0 aliphatic carbocycles. The van der Waals surface area contributed by atoms with Crippen molar-refractivity contribution in [2.24, 2.45) is 0 Å². The zero-order chi connectivity index (χ0) is 20.5. The Balaban J connectivity index is 1.59. The van der Waals surface area contributed by atoms with Gasteiger partial charge in [-0.05, 0) is 29.3 Å². The van der Waals surface area contributed by atoms with Gasteiger partial charge < -0.3 is 15.4 Å². The van der Waals surface area contributed by atoms with Crippen LogP contribution in [0.1, 0.15) is 27.5 Å². The van der Waals surface area contributed by atoms with Crippen LogP contribution in [-0.4, -0.2) is 56.6 Å². The molecule has 2 N–H and O–H groups in total. The first-order valence-corrected chi connectivity index (χ1v) is 9.82. The fourth-order valence-electron chi connectivity index (χ4n) is 3.34. The van der Waals surface area contributed by atoms with Crippen molar-refractivity contribution in [3.63, 3.8) is 0 Å². The molecule has 1 aliphatic heterocycles. The molecule has 2 amide bonds. The standard InChI is InChI=1S/C23H27N3O3/c1-24-23(28)20-10-7-18(8-11-20)9-12-22(27)25-17-21(19-5-3-2-4-6-19)26-13-15-29-16-14-26/h2-12,21H,13-17H2,1H3,(H,24,28)(H,25,27)/b12-9+. The van der Waals surface area contributed by atoms with E-state index in [4.69, 9.17) is 4.74 Å². The summed E-state index contributed by atoms with van der Waals surface area (Å²) in [5.74, 6) is -0.275. The number of carbonyl (C=O) groups excluding carboxylic acids is 2. The summed E-state index contributed by atoms with van der Waals surface area (Å²) in [6, 6.07) is 17.4. The summed E-state index contributed by atoms with van der Waals surface area (Å²) in [6.07, 6.45) is 3.27. The molecule has 2 aromatic rings. The SMILES string of the molecule is CNC(=O)c1ccc(/C=C/C(=O)NCC(c2ccccc2)N2CCOCC2)cc1. The highest BCUT2D eigenvalue weighted by atomic mass is 16.5. The van der Waals surface area contributed by atoms with E-state index >= 15 is 0 Å². The number of nitrogens with one attached hydrogen (secondary N) is 2. The summed E-state index contributed by atoms with van der Waals surface area (Å²) in [5, 5.41) is 5.60. The molecule has 6 nitrogen and oxygen atoms in total. The number of rotatable bonds is 7. The van der Waals surface area contributed by atoms with E-state index in [1.807, 2.05) is 30.3 Å². The minimum absolute atomic E-state index is 0.115. The molecule has 152 valence electrons. The maximum atomic E-state index is 12.4. The van der Waals surface area contributed by atoms with Crippen LogP contribution in [0, 0.1) is 0 Å². The molecule has 1 fully saturated rings. The van der Waals surface area contributed by atoms with Gasteiger partial charge in [0.05, 0.1) is 19.3 Å². The lowest BCUT2D eigenvalue weighted by Crippen LogP contribution is -2.43. The first-order valence-electron chi connectivity index (χ1n) is 9.82. The van der Waals surface area contributed by atoms with Crippen molar-refractivity contribution in [3.8, 4) is 0 Å². The second-order valence-corrected chi connectivity index (χ2v) is 6.85. The van der Waals surface area contributed by atoms with Crippen LogP contribution in [0.5, 0.6) is 0 Å². The lowest BCUT2D eigenvalue weighted by molar-refractivity contribution is -0.116. The number of ether oxygens (including phenoxy) is 1. The van der Waals surface area contributed by atoms with Gasteiger partial charge in [0.15, 0.2) is 0 Å². The van der Waals surface area contributed by atoms with Crippen LogP contribution >= 0.6 is 0 Å². The smallest absolute Gasteiger partial charge is 0.251 e. The van der Waals surface area contributed by atoms with Crippen LogP contribution in [-0.2, 0) is 9.53 Å². The predicted molar refractivity (Wildman–Crippen MR) is 113 cm³/mol. The normalized spacial score (nSPS) is 15.8. The highest BCUT2D eigenvalue weighted by Crippen LogP contribution is 2.21. The Morgan fingerprint density at radius 2 is 1.76 bits per heavy atom. The van der Waals surface area contributed by atoms with Crippen LogP contribution in [0.25, 0.3) is 6.08 Å². The van der Waals surface area contributed by atoms with Crippen molar-refractivity contribution in [2.45, 2.75) is 6.04 Å². The zero-order valence-electron chi connectivity index (χ0n) is 16.6. The molecule has 29 heavy (non-hydrogen) atoms. The third-order valence-corrected chi connectivity index (χ3v) is 4.97. The summed E-state index contributed by atoms with van der Waals surface area (Å²) < 4.78 is 5.46. The van der Waals surface area contributed by atoms with Crippen molar-refractivity contribution in [1.82, 2.24) is 15.5 Å². The van der Waals surface area contributed by atoms with E-state index in [0.717, 1.165) is 18.7 Å². The fraction of sp³-hybridized carbons (Fsp3) is 0.304. The van der Waals surface area contributed by atoms with Gasteiger partial charge in [-0.15, -0.1) is 0 Å². The molecule has 0 radical (unpaired) electrons. The summed E-state index contributed by atoms with van der Waals surface area (Å²) in [7, 11) is 1.60. The van der Waals surface area contributed by atoms with Crippen LogP contribution < -0.4 is 10.6 Å². The molecule has 0 bridgehead atoms. The van der Waals surface area contributed by atoms with E-state index in [2.05, 4.69) is 27.7 Å². The monoisotopic (exact) mass is 393 g/mol. The molecule has 1 heterocycles. The Morgan fingerprint density at radius 1 is 1.07 bits per heavy atom. The van der Waals surface area contributed by atoms with Crippen LogP contribution in [0.15, 0.2) is 60.7 Å². The largest absolute Gasteiger partial charge is 0.379 e. The van der Waals surface area contributed by atoms with Crippen LogP contribution in [0.3, 0.4) is 0 Å². The number of carbonyl (C=O) groups is 2. The molecule has 1 aliphatic rings. The first-order chi connectivity index (χ1) is 14.2. The quantitative estimate of drug-likeness (QED) is 0.708. The Hall–Kier alpha value is -2.96. The number of amides is 2. The lowest BCUT2D eigenvalue weighted by atomic mass is 10.0. The number of benzene rings is 2. The third-order valence-electron chi connectivity index (χ3n) is 4.97. The molecular formula is C23H27N3O3. The maximum Gasteiger partial charge on any atom is 0.251 e. The topological polar surface area (TPSA) is 70.7 Å². The van der Waals surface area contributed by atoms with E-state index in [1.165, 1.54) is 11.6 Å². The van der Waals surface area contributed by atoms with Crippen LogP contribution in [0.4, 0.5) is 0 Å². The van der Waals surface area contributed by atoms with Gasteiger partial charge in [-0.3, -0.25) is 14.5 Å². The highest BCUT2D eigenvalue weighted by Gasteiger charge is 2.22. The Bertz CT molecular complexity index is 828. The summed E-state index contributed by atoms with van der Waals surface area (Å²) >= 11 is 0. The molecule has 0 aromatic heterocycles. The molecule has 1 atom stereocenters. The number of nitrogens with zero attached hydrogens (tertiary/aromatic N) is 1. The molecular weight excluding hydrogens is 366 g/mol. The molecule has 0 spiro atoms. The van der Waals surface area contributed by atoms with Gasteiger partial charge >= 0.3 is 0 Å². The first kappa shape index (κ1) is 20.8. The minimum atomic E-state index is -0.144. The lowest BCUT2D eigenvalue weighted by Gasteiger charge is -2.34. The van der Waals surface area contributed by atoms with E-state index in [-0.39, 0.29) is 17.9 Å². The predicted octanol–water partition coefficient (Wildman–Crippen LogP) is 2.25. The summed E-state index contributed by atoms with van der Waals surface area (Å²) in [4.78, 5) is 26.3. The van der Waals surface area contributed by atoms with E-state index in [1.54, 1.807) is 25.3 Å².